The van der Waals surface area contributed by atoms with Crippen LogP contribution >= 0.6 is 0 Å². The molecule has 0 unspecified atom stereocenters. The van der Waals surface area contributed by atoms with Gasteiger partial charge in [0.15, 0.2) is 0 Å². The molecule has 0 aliphatic heterocycles. The van der Waals surface area contributed by atoms with E-state index in [1.807, 2.05) is 6.92 Å². The predicted molar refractivity (Wildman–Crippen MR) is 52.6 cm³/mol. The van der Waals surface area contributed by atoms with Crippen LogP contribution in [0.25, 0.3) is 0 Å². The minimum absolute atomic E-state index is 0.204. The topological polar surface area (TPSA) is 55.4 Å². The summed E-state index contributed by atoms with van der Waals surface area (Å²) in [6.07, 6.45) is 4.26. The molecule has 0 rings (SSSR count). The average molecular weight is 207 g/mol. The fourth-order valence-corrected chi connectivity index (χ4v) is 1.47. The lowest BCUT2D eigenvalue weighted by molar-refractivity contribution is 0.302. The first kappa shape index (κ1) is 12.6. The van der Waals surface area contributed by atoms with E-state index in [4.69, 9.17) is 0 Å². The molecule has 0 heterocycles. The third kappa shape index (κ3) is 7.95. The summed E-state index contributed by atoms with van der Waals surface area (Å²) in [6.45, 7) is 5.89. The smallest absolute Gasteiger partial charge is 0.258 e. The van der Waals surface area contributed by atoms with Crippen LogP contribution in [0.1, 0.15) is 26.2 Å². The predicted octanol–water partition coefficient (Wildman–Crippen LogP) is 1.21. The molecule has 0 amide bonds. The van der Waals surface area contributed by atoms with Gasteiger partial charge < -0.3 is 0 Å². The summed E-state index contributed by atoms with van der Waals surface area (Å²) in [6, 6.07) is 0. The van der Waals surface area contributed by atoms with Crippen molar-refractivity contribution in [2.24, 2.45) is 0 Å². The van der Waals surface area contributed by atoms with Gasteiger partial charge in [0.2, 0.25) is 0 Å². The van der Waals surface area contributed by atoms with Crippen LogP contribution in [0.5, 0.6) is 0 Å². The molecule has 13 heavy (non-hydrogen) atoms. The Bertz CT molecular complexity index is 224. The van der Waals surface area contributed by atoms with Crippen LogP contribution < -0.4 is 4.72 Å². The van der Waals surface area contributed by atoms with Crippen molar-refractivity contribution in [3.8, 4) is 0 Å². The number of rotatable bonds is 8. The fourth-order valence-electron chi connectivity index (χ4n) is 0.723. The zero-order valence-electron chi connectivity index (χ0n) is 7.95. The van der Waals surface area contributed by atoms with E-state index in [0.717, 1.165) is 19.3 Å². The molecule has 0 saturated heterocycles. The van der Waals surface area contributed by atoms with E-state index >= 15 is 0 Å². The molecule has 0 spiro atoms. The lowest BCUT2D eigenvalue weighted by Gasteiger charge is -2.04. The highest BCUT2D eigenvalue weighted by molar-refractivity contribution is 7.84. The molecule has 0 aliphatic rings. The van der Waals surface area contributed by atoms with E-state index in [2.05, 4.69) is 15.5 Å². The quantitative estimate of drug-likeness (QED) is 0.481. The van der Waals surface area contributed by atoms with Gasteiger partial charge in [-0.15, -0.1) is 6.58 Å². The fraction of sp³-hybridized carbons (Fsp3) is 0.750. The van der Waals surface area contributed by atoms with Gasteiger partial charge in [-0.2, -0.15) is 13.1 Å². The SMILES string of the molecule is C=CCNS(=O)(=O)OCCCCC. The van der Waals surface area contributed by atoms with Gasteiger partial charge in [-0.05, 0) is 6.42 Å². The van der Waals surface area contributed by atoms with E-state index in [1.165, 1.54) is 6.08 Å². The second-order valence-electron chi connectivity index (χ2n) is 2.62. The Morgan fingerprint density at radius 3 is 2.69 bits per heavy atom. The van der Waals surface area contributed by atoms with Crippen LogP contribution in [0.4, 0.5) is 0 Å². The largest absolute Gasteiger partial charge is 0.336 e. The number of nitrogens with one attached hydrogen (secondary N) is 1. The van der Waals surface area contributed by atoms with E-state index in [-0.39, 0.29) is 13.2 Å². The summed E-state index contributed by atoms with van der Waals surface area (Å²) in [7, 11) is -3.55. The van der Waals surface area contributed by atoms with Crippen LogP contribution in [0.2, 0.25) is 0 Å². The van der Waals surface area contributed by atoms with Gasteiger partial charge in [0, 0.05) is 6.54 Å². The van der Waals surface area contributed by atoms with Gasteiger partial charge >= 0.3 is 10.3 Å². The molecule has 0 aromatic carbocycles. The molecular formula is C8H17NO3S. The molecule has 1 N–H and O–H groups in total. The Morgan fingerprint density at radius 2 is 2.15 bits per heavy atom. The van der Waals surface area contributed by atoms with Crippen molar-refractivity contribution in [3.05, 3.63) is 12.7 Å². The Labute approximate surface area is 80.2 Å². The van der Waals surface area contributed by atoms with Crippen LogP contribution in [-0.4, -0.2) is 21.6 Å². The Hall–Kier alpha value is -0.390. The minimum atomic E-state index is -3.55. The van der Waals surface area contributed by atoms with Gasteiger partial charge in [-0.25, -0.2) is 0 Å². The van der Waals surface area contributed by atoms with Crippen molar-refractivity contribution in [2.75, 3.05) is 13.2 Å². The molecule has 0 radical (unpaired) electrons. The summed E-state index contributed by atoms with van der Waals surface area (Å²) < 4.78 is 28.8. The lowest BCUT2D eigenvalue weighted by atomic mass is 10.3. The normalized spacial score (nSPS) is 11.5. The second kappa shape index (κ2) is 7.06. The van der Waals surface area contributed by atoms with Crippen LogP contribution in [0.3, 0.4) is 0 Å². The van der Waals surface area contributed by atoms with Crippen molar-refractivity contribution in [3.63, 3.8) is 0 Å². The minimum Gasteiger partial charge on any atom is -0.258 e. The summed E-state index contributed by atoms with van der Waals surface area (Å²) >= 11 is 0. The average Bonchev–Trinajstić information content (AvgIpc) is 2.09. The lowest BCUT2D eigenvalue weighted by Crippen LogP contribution is -2.26. The summed E-state index contributed by atoms with van der Waals surface area (Å²) in [5.74, 6) is 0. The Kier molecular flexibility index (Phi) is 6.84. The molecule has 78 valence electrons. The van der Waals surface area contributed by atoms with Gasteiger partial charge in [-0.3, -0.25) is 4.18 Å². The Balaban J connectivity index is 3.57. The maximum Gasteiger partial charge on any atom is 0.336 e. The zero-order chi connectivity index (χ0) is 10.2. The van der Waals surface area contributed by atoms with Crippen LogP contribution in [0.15, 0.2) is 12.7 Å². The van der Waals surface area contributed by atoms with E-state index in [0.29, 0.717) is 0 Å². The van der Waals surface area contributed by atoms with Crippen molar-refractivity contribution < 1.29 is 12.6 Å². The maximum atomic E-state index is 11.0. The van der Waals surface area contributed by atoms with Crippen molar-refractivity contribution in [2.45, 2.75) is 26.2 Å². The summed E-state index contributed by atoms with van der Waals surface area (Å²) in [4.78, 5) is 0. The molecule has 0 aliphatic carbocycles. The summed E-state index contributed by atoms with van der Waals surface area (Å²) in [5, 5.41) is 0. The highest BCUT2D eigenvalue weighted by atomic mass is 32.2. The monoisotopic (exact) mass is 207 g/mol. The van der Waals surface area contributed by atoms with Gasteiger partial charge in [0.05, 0.1) is 6.61 Å². The highest BCUT2D eigenvalue weighted by Crippen LogP contribution is 1.96. The van der Waals surface area contributed by atoms with Gasteiger partial charge in [0.1, 0.15) is 0 Å². The van der Waals surface area contributed by atoms with Crippen molar-refractivity contribution >= 4 is 10.3 Å². The molecule has 0 fully saturated rings. The first-order valence-corrected chi connectivity index (χ1v) is 5.78. The van der Waals surface area contributed by atoms with E-state index in [1.54, 1.807) is 0 Å². The first-order valence-electron chi connectivity index (χ1n) is 4.37. The molecule has 0 aromatic heterocycles. The van der Waals surface area contributed by atoms with E-state index in [9.17, 15) is 8.42 Å². The van der Waals surface area contributed by atoms with Crippen molar-refractivity contribution in [1.29, 1.82) is 0 Å². The summed E-state index contributed by atoms with van der Waals surface area (Å²) in [5.41, 5.74) is 0. The molecule has 0 atom stereocenters. The molecule has 4 nitrogen and oxygen atoms in total. The number of hydrogen-bond donors (Lipinski definition) is 1. The highest BCUT2D eigenvalue weighted by Gasteiger charge is 2.07. The van der Waals surface area contributed by atoms with Crippen molar-refractivity contribution in [1.82, 2.24) is 4.72 Å². The standard InChI is InChI=1S/C8H17NO3S/c1-3-5-6-8-12-13(10,11)9-7-4-2/h4,9H,2-3,5-8H2,1H3. The van der Waals surface area contributed by atoms with E-state index < -0.39 is 10.3 Å². The van der Waals surface area contributed by atoms with Crippen LogP contribution in [0, 0.1) is 0 Å². The van der Waals surface area contributed by atoms with Gasteiger partial charge in [0.25, 0.3) is 0 Å². The first-order chi connectivity index (χ1) is 6.12. The maximum absolute atomic E-state index is 11.0. The third-order valence-electron chi connectivity index (χ3n) is 1.39. The Morgan fingerprint density at radius 1 is 1.46 bits per heavy atom. The molecule has 5 heteroatoms. The molecule has 0 aromatic rings. The zero-order valence-corrected chi connectivity index (χ0v) is 8.77. The van der Waals surface area contributed by atoms with Crippen LogP contribution in [-0.2, 0) is 14.5 Å². The second-order valence-corrected chi connectivity index (χ2v) is 4.05. The molecule has 0 saturated carbocycles. The van der Waals surface area contributed by atoms with Gasteiger partial charge in [-0.1, -0.05) is 25.8 Å². The molecular weight excluding hydrogens is 190 g/mol. The number of unbranched alkanes of at least 4 members (excludes halogenated alkanes) is 2. The third-order valence-corrected chi connectivity index (χ3v) is 2.39. The molecule has 0 bridgehead atoms. The number of hydrogen-bond acceptors (Lipinski definition) is 3.